The predicted octanol–water partition coefficient (Wildman–Crippen LogP) is 4.04. The Balaban J connectivity index is 1.96. The summed E-state index contributed by atoms with van der Waals surface area (Å²) in [7, 11) is 0. The van der Waals surface area contributed by atoms with Crippen LogP contribution in [0.3, 0.4) is 0 Å². The molecule has 3 aliphatic rings. The van der Waals surface area contributed by atoms with E-state index < -0.39 is 0 Å². The van der Waals surface area contributed by atoms with Crippen molar-refractivity contribution in [2.24, 2.45) is 34.5 Å². The van der Waals surface area contributed by atoms with Gasteiger partial charge in [-0.25, -0.2) is 0 Å². The van der Waals surface area contributed by atoms with E-state index in [0.29, 0.717) is 16.7 Å². The predicted molar refractivity (Wildman–Crippen MR) is 75.5 cm³/mol. The Bertz CT molecular complexity index is 400. The van der Waals surface area contributed by atoms with Crippen molar-refractivity contribution in [1.82, 2.24) is 0 Å². The van der Waals surface area contributed by atoms with Crippen LogP contribution < -0.4 is 0 Å². The Morgan fingerprint density at radius 2 is 1.84 bits per heavy atom. The highest BCUT2D eigenvalue weighted by atomic mass is 16.5. The minimum atomic E-state index is -0.102. The van der Waals surface area contributed by atoms with Gasteiger partial charge in [0.1, 0.15) is 6.10 Å². The first-order valence-corrected chi connectivity index (χ1v) is 7.96. The molecule has 6 atom stereocenters. The Morgan fingerprint density at radius 3 is 2.42 bits per heavy atom. The second-order valence-corrected chi connectivity index (χ2v) is 8.14. The number of hydrogen-bond acceptors (Lipinski definition) is 2. The first-order chi connectivity index (χ1) is 8.79. The van der Waals surface area contributed by atoms with E-state index in [-0.39, 0.29) is 12.1 Å². The number of hydrogen-bond donors (Lipinski definition) is 0. The Kier molecular flexibility index (Phi) is 2.82. The largest absolute Gasteiger partial charge is 0.462 e. The summed E-state index contributed by atoms with van der Waals surface area (Å²) in [5.41, 5.74) is 0.914. The molecule has 2 bridgehead atoms. The lowest BCUT2D eigenvalue weighted by atomic mass is 9.60. The lowest BCUT2D eigenvalue weighted by molar-refractivity contribution is -0.149. The van der Waals surface area contributed by atoms with Crippen LogP contribution in [0.2, 0.25) is 0 Å². The molecule has 0 aromatic heterocycles. The minimum absolute atomic E-state index is 0.102. The zero-order valence-corrected chi connectivity index (χ0v) is 13.0. The zero-order valence-electron chi connectivity index (χ0n) is 13.0. The molecule has 0 amide bonds. The summed E-state index contributed by atoms with van der Waals surface area (Å²) in [5, 5.41) is 0. The quantitative estimate of drug-likeness (QED) is 0.668. The Hall–Kier alpha value is -0.530. The van der Waals surface area contributed by atoms with Crippen LogP contribution in [0.5, 0.6) is 0 Å². The standard InChI is InChI=1S/C17H28O2/c1-10-6-7-13-14-8-15(19-12(3)18)11(2)17(10,14)9-16(13,4)5/h10-11,13-15H,6-9H2,1-5H3. The highest BCUT2D eigenvalue weighted by Gasteiger charge is 2.68. The van der Waals surface area contributed by atoms with E-state index in [1.807, 2.05) is 0 Å². The molecule has 0 radical (unpaired) electrons. The fourth-order valence-electron chi connectivity index (χ4n) is 6.30. The van der Waals surface area contributed by atoms with E-state index in [9.17, 15) is 4.79 Å². The Morgan fingerprint density at radius 1 is 1.16 bits per heavy atom. The van der Waals surface area contributed by atoms with Crippen LogP contribution in [0.4, 0.5) is 0 Å². The summed E-state index contributed by atoms with van der Waals surface area (Å²) >= 11 is 0. The molecule has 0 aromatic carbocycles. The third-order valence-corrected chi connectivity index (χ3v) is 6.98. The lowest BCUT2D eigenvalue weighted by Gasteiger charge is -2.44. The van der Waals surface area contributed by atoms with Crippen molar-refractivity contribution < 1.29 is 9.53 Å². The van der Waals surface area contributed by atoms with Gasteiger partial charge in [0, 0.05) is 6.92 Å². The van der Waals surface area contributed by atoms with Crippen LogP contribution in [0, 0.1) is 34.5 Å². The highest BCUT2D eigenvalue weighted by molar-refractivity contribution is 5.66. The lowest BCUT2D eigenvalue weighted by Crippen LogP contribution is -2.39. The van der Waals surface area contributed by atoms with Gasteiger partial charge in [0.05, 0.1) is 0 Å². The summed E-state index contributed by atoms with van der Waals surface area (Å²) in [5.74, 6) is 2.83. The summed E-state index contributed by atoms with van der Waals surface area (Å²) in [6, 6.07) is 0. The van der Waals surface area contributed by atoms with Gasteiger partial charge in [-0.1, -0.05) is 27.7 Å². The molecular weight excluding hydrogens is 236 g/mol. The molecule has 6 unspecified atom stereocenters. The molecule has 3 saturated carbocycles. The molecule has 2 heteroatoms. The van der Waals surface area contributed by atoms with Crippen molar-refractivity contribution in [2.45, 2.75) is 66.4 Å². The van der Waals surface area contributed by atoms with Crippen LogP contribution in [-0.2, 0) is 9.53 Å². The number of esters is 1. The maximum absolute atomic E-state index is 11.3. The minimum Gasteiger partial charge on any atom is -0.462 e. The maximum atomic E-state index is 11.3. The van der Waals surface area contributed by atoms with Crippen LogP contribution in [0.1, 0.15) is 60.3 Å². The summed E-state index contributed by atoms with van der Waals surface area (Å²) < 4.78 is 5.64. The van der Waals surface area contributed by atoms with Crippen LogP contribution in [0.15, 0.2) is 0 Å². The summed E-state index contributed by atoms with van der Waals surface area (Å²) in [6.45, 7) is 11.3. The van der Waals surface area contributed by atoms with Gasteiger partial charge in [-0.15, -0.1) is 0 Å². The molecule has 0 aliphatic heterocycles. The van der Waals surface area contributed by atoms with Gasteiger partial charge in [-0.05, 0) is 60.2 Å². The number of rotatable bonds is 1. The van der Waals surface area contributed by atoms with Gasteiger partial charge >= 0.3 is 5.97 Å². The molecule has 108 valence electrons. The van der Waals surface area contributed by atoms with E-state index in [1.165, 1.54) is 19.3 Å². The third kappa shape index (κ3) is 1.64. The van der Waals surface area contributed by atoms with Crippen LogP contribution >= 0.6 is 0 Å². The monoisotopic (exact) mass is 264 g/mol. The molecule has 3 rings (SSSR count). The second-order valence-electron chi connectivity index (χ2n) is 8.14. The second kappa shape index (κ2) is 3.99. The summed E-state index contributed by atoms with van der Waals surface area (Å²) in [4.78, 5) is 11.3. The van der Waals surface area contributed by atoms with Crippen molar-refractivity contribution >= 4 is 5.97 Å². The molecule has 0 heterocycles. The normalized spacial score (nSPS) is 50.9. The summed E-state index contributed by atoms with van der Waals surface area (Å²) in [6.07, 6.45) is 5.35. The highest BCUT2D eigenvalue weighted by Crippen LogP contribution is 2.73. The third-order valence-electron chi connectivity index (χ3n) is 6.98. The van der Waals surface area contributed by atoms with Crippen molar-refractivity contribution in [3.05, 3.63) is 0 Å². The molecule has 0 aromatic rings. The van der Waals surface area contributed by atoms with Crippen LogP contribution in [-0.4, -0.2) is 12.1 Å². The van der Waals surface area contributed by atoms with Gasteiger partial charge < -0.3 is 4.74 Å². The number of carbonyl (C=O) groups excluding carboxylic acids is 1. The van der Waals surface area contributed by atoms with Gasteiger partial charge in [-0.3, -0.25) is 4.79 Å². The fraction of sp³-hybridized carbons (Fsp3) is 0.941. The number of carbonyl (C=O) groups is 1. The SMILES string of the molecule is CC(=O)OC1CC2C3CCC(C)C2(CC3(C)C)C1C. The van der Waals surface area contributed by atoms with Crippen molar-refractivity contribution in [3.63, 3.8) is 0 Å². The van der Waals surface area contributed by atoms with Gasteiger partial charge in [-0.2, -0.15) is 0 Å². The molecule has 2 nitrogen and oxygen atoms in total. The first kappa shape index (κ1) is 13.5. The molecule has 19 heavy (non-hydrogen) atoms. The van der Waals surface area contributed by atoms with Gasteiger partial charge in [0.15, 0.2) is 0 Å². The topological polar surface area (TPSA) is 26.3 Å². The van der Waals surface area contributed by atoms with Crippen molar-refractivity contribution in [3.8, 4) is 0 Å². The van der Waals surface area contributed by atoms with E-state index in [4.69, 9.17) is 4.74 Å². The Labute approximate surface area is 117 Å². The molecule has 3 fully saturated rings. The van der Waals surface area contributed by atoms with Gasteiger partial charge in [0.2, 0.25) is 0 Å². The average Bonchev–Trinajstić information content (AvgIpc) is 2.62. The molecule has 0 saturated heterocycles. The van der Waals surface area contributed by atoms with Crippen LogP contribution in [0.25, 0.3) is 0 Å². The van der Waals surface area contributed by atoms with E-state index in [1.54, 1.807) is 6.92 Å². The van der Waals surface area contributed by atoms with E-state index in [0.717, 1.165) is 24.2 Å². The zero-order chi connectivity index (χ0) is 14.0. The van der Waals surface area contributed by atoms with E-state index >= 15 is 0 Å². The molecule has 0 N–H and O–H groups in total. The van der Waals surface area contributed by atoms with E-state index in [2.05, 4.69) is 27.7 Å². The number of ether oxygens (including phenoxy) is 1. The first-order valence-electron chi connectivity index (χ1n) is 7.96. The smallest absolute Gasteiger partial charge is 0.302 e. The molecular formula is C17H28O2. The molecule has 0 spiro atoms. The van der Waals surface area contributed by atoms with Gasteiger partial charge in [0.25, 0.3) is 0 Å². The molecule has 3 aliphatic carbocycles. The fourth-order valence-corrected chi connectivity index (χ4v) is 6.30. The van der Waals surface area contributed by atoms with Crippen molar-refractivity contribution in [1.29, 1.82) is 0 Å². The average molecular weight is 264 g/mol. The maximum Gasteiger partial charge on any atom is 0.302 e. The van der Waals surface area contributed by atoms with Crippen molar-refractivity contribution in [2.75, 3.05) is 0 Å².